The summed E-state index contributed by atoms with van der Waals surface area (Å²) in [6.45, 7) is 5.21. The molecule has 118 valence electrons. The maximum atomic E-state index is 11.1. The minimum atomic E-state index is -0.400. The van der Waals surface area contributed by atoms with Crippen LogP contribution in [0.5, 0.6) is 0 Å². The zero-order valence-electron chi connectivity index (χ0n) is 13.1. The lowest BCUT2D eigenvalue weighted by Crippen LogP contribution is -2.06. The number of aryl methyl sites for hydroxylation is 2. The lowest BCUT2D eigenvalue weighted by Gasteiger charge is -2.08. The van der Waals surface area contributed by atoms with Crippen molar-refractivity contribution in [3.8, 4) is 0 Å². The first-order chi connectivity index (χ1) is 10.5. The van der Waals surface area contributed by atoms with Gasteiger partial charge in [0.05, 0.1) is 4.92 Å². The van der Waals surface area contributed by atoms with Crippen LogP contribution in [-0.4, -0.2) is 21.2 Å². The molecule has 0 aliphatic carbocycles. The van der Waals surface area contributed by atoms with E-state index in [1.807, 2.05) is 24.3 Å². The molecular weight excluding hydrogens is 282 g/mol. The molecule has 22 heavy (non-hydrogen) atoms. The molecule has 1 heterocycles. The van der Waals surface area contributed by atoms with Gasteiger partial charge < -0.3 is 10.6 Å². The molecule has 2 rings (SSSR count). The zero-order chi connectivity index (χ0) is 16.1. The molecule has 0 aliphatic heterocycles. The van der Waals surface area contributed by atoms with E-state index < -0.39 is 4.92 Å². The SMILES string of the molecule is CCCNc1ccc(CNc2c([N+](=O)[O-])c(C)nn2C)cc1. The van der Waals surface area contributed by atoms with Crippen LogP contribution in [0.25, 0.3) is 0 Å². The Bertz CT molecular complexity index is 649. The van der Waals surface area contributed by atoms with Gasteiger partial charge in [-0.15, -0.1) is 0 Å². The summed E-state index contributed by atoms with van der Waals surface area (Å²) in [4.78, 5) is 10.7. The first-order valence-electron chi connectivity index (χ1n) is 7.27. The van der Waals surface area contributed by atoms with Crippen LogP contribution in [0.2, 0.25) is 0 Å². The van der Waals surface area contributed by atoms with E-state index in [0.29, 0.717) is 18.1 Å². The Morgan fingerprint density at radius 1 is 1.27 bits per heavy atom. The van der Waals surface area contributed by atoms with E-state index in [-0.39, 0.29) is 5.69 Å². The molecule has 7 nitrogen and oxygen atoms in total. The summed E-state index contributed by atoms with van der Waals surface area (Å²) in [7, 11) is 1.69. The summed E-state index contributed by atoms with van der Waals surface area (Å²) in [5.41, 5.74) is 2.57. The van der Waals surface area contributed by atoms with E-state index in [2.05, 4.69) is 22.7 Å². The molecule has 0 radical (unpaired) electrons. The fourth-order valence-corrected chi connectivity index (χ4v) is 2.26. The van der Waals surface area contributed by atoms with Gasteiger partial charge in [0.15, 0.2) is 0 Å². The molecule has 0 unspecified atom stereocenters. The third kappa shape index (κ3) is 3.55. The molecule has 0 aliphatic rings. The van der Waals surface area contributed by atoms with Crippen molar-refractivity contribution in [2.45, 2.75) is 26.8 Å². The number of aromatic nitrogens is 2. The average molecular weight is 303 g/mol. The van der Waals surface area contributed by atoms with Crippen molar-refractivity contribution in [1.82, 2.24) is 9.78 Å². The molecule has 7 heteroatoms. The molecule has 0 bridgehead atoms. The Labute approximate surface area is 129 Å². The number of hydrogen-bond acceptors (Lipinski definition) is 5. The number of nitro groups is 1. The number of anilines is 2. The van der Waals surface area contributed by atoms with Crippen LogP contribution in [0, 0.1) is 17.0 Å². The van der Waals surface area contributed by atoms with Gasteiger partial charge >= 0.3 is 5.69 Å². The molecule has 2 aromatic rings. The van der Waals surface area contributed by atoms with Crippen LogP contribution in [0.1, 0.15) is 24.6 Å². The van der Waals surface area contributed by atoms with E-state index in [0.717, 1.165) is 24.2 Å². The number of nitrogens with zero attached hydrogens (tertiary/aromatic N) is 3. The molecule has 2 N–H and O–H groups in total. The smallest absolute Gasteiger partial charge is 0.333 e. The van der Waals surface area contributed by atoms with E-state index in [1.165, 1.54) is 4.68 Å². The van der Waals surface area contributed by atoms with Gasteiger partial charge in [-0.3, -0.25) is 10.1 Å². The first-order valence-corrected chi connectivity index (χ1v) is 7.27. The highest BCUT2D eigenvalue weighted by Gasteiger charge is 2.23. The minimum absolute atomic E-state index is 0.0312. The highest BCUT2D eigenvalue weighted by molar-refractivity contribution is 5.59. The molecule has 1 aromatic heterocycles. The Kier molecular flexibility index (Phi) is 4.98. The fourth-order valence-electron chi connectivity index (χ4n) is 2.26. The summed E-state index contributed by atoms with van der Waals surface area (Å²) in [6.07, 6.45) is 1.08. The topological polar surface area (TPSA) is 85.0 Å². The number of hydrogen-bond donors (Lipinski definition) is 2. The minimum Gasteiger partial charge on any atom is -0.385 e. The van der Waals surface area contributed by atoms with Gasteiger partial charge in [-0.2, -0.15) is 5.10 Å². The predicted molar refractivity (Wildman–Crippen MR) is 87.1 cm³/mol. The normalized spacial score (nSPS) is 10.5. The second-order valence-corrected chi connectivity index (χ2v) is 5.14. The third-order valence-corrected chi connectivity index (χ3v) is 3.37. The highest BCUT2D eigenvalue weighted by Crippen LogP contribution is 2.27. The van der Waals surface area contributed by atoms with Crippen molar-refractivity contribution in [3.63, 3.8) is 0 Å². The van der Waals surface area contributed by atoms with Crippen molar-refractivity contribution in [2.75, 3.05) is 17.2 Å². The van der Waals surface area contributed by atoms with Gasteiger partial charge in [-0.05, 0) is 31.0 Å². The summed E-state index contributed by atoms with van der Waals surface area (Å²) in [6, 6.07) is 8.02. The van der Waals surface area contributed by atoms with E-state index >= 15 is 0 Å². The van der Waals surface area contributed by atoms with Crippen LogP contribution in [0.15, 0.2) is 24.3 Å². The number of nitrogens with one attached hydrogen (secondary N) is 2. The number of benzene rings is 1. The molecule has 0 fully saturated rings. The largest absolute Gasteiger partial charge is 0.385 e. The quantitative estimate of drug-likeness (QED) is 0.606. The first kappa shape index (κ1) is 15.8. The summed E-state index contributed by atoms with van der Waals surface area (Å²) >= 11 is 0. The van der Waals surface area contributed by atoms with Crippen molar-refractivity contribution in [1.29, 1.82) is 0 Å². The molecule has 0 amide bonds. The van der Waals surface area contributed by atoms with Crippen LogP contribution in [-0.2, 0) is 13.6 Å². The van der Waals surface area contributed by atoms with Gasteiger partial charge in [-0.1, -0.05) is 19.1 Å². The second kappa shape index (κ2) is 6.93. The van der Waals surface area contributed by atoms with Crippen molar-refractivity contribution >= 4 is 17.2 Å². The predicted octanol–water partition coefficient (Wildman–Crippen LogP) is 3.07. The standard InChI is InChI=1S/C15H21N5O2/c1-4-9-16-13-7-5-12(6-8-13)10-17-15-14(20(21)22)11(2)18-19(15)3/h5-8,16-17H,4,9-10H2,1-3H3. The summed E-state index contributed by atoms with van der Waals surface area (Å²) in [5.74, 6) is 0.427. The lowest BCUT2D eigenvalue weighted by atomic mass is 10.2. The number of rotatable bonds is 7. The van der Waals surface area contributed by atoms with Crippen molar-refractivity contribution < 1.29 is 4.92 Å². The zero-order valence-corrected chi connectivity index (χ0v) is 13.1. The van der Waals surface area contributed by atoms with Crippen LogP contribution >= 0.6 is 0 Å². The Balaban J connectivity index is 2.06. The molecule has 0 atom stereocenters. The average Bonchev–Trinajstić information content (AvgIpc) is 2.78. The third-order valence-electron chi connectivity index (χ3n) is 3.37. The Morgan fingerprint density at radius 3 is 2.55 bits per heavy atom. The Morgan fingerprint density at radius 2 is 1.95 bits per heavy atom. The van der Waals surface area contributed by atoms with E-state index in [4.69, 9.17) is 0 Å². The van der Waals surface area contributed by atoms with Crippen molar-refractivity contribution in [3.05, 3.63) is 45.6 Å². The van der Waals surface area contributed by atoms with Gasteiger partial charge in [0, 0.05) is 25.8 Å². The fraction of sp³-hybridized carbons (Fsp3) is 0.400. The lowest BCUT2D eigenvalue weighted by molar-refractivity contribution is -0.384. The van der Waals surface area contributed by atoms with Crippen LogP contribution in [0.4, 0.5) is 17.2 Å². The summed E-state index contributed by atoms with van der Waals surface area (Å²) in [5, 5.41) is 21.6. The second-order valence-electron chi connectivity index (χ2n) is 5.14. The molecule has 1 aromatic carbocycles. The molecule has 0 saturated heterocycles. The Hall–Kier alpha value is -2.57. The highest BCUT2D eigenvalue weighted by atomic mass is 16.6. The van der Waals surface area contributed by atoms with Gasteiger partial charge in [0.2, 0.25) is 5.82 Å². The maximum Gasteiger partial charge on any atom is 0.333 e. The van der Waals surface area contributed by atoms with Crippen LogP contribution < -0.4 is 10.6 Å². The van der Waals surface area contributed by atoms with Crippen molar-refractivity contribution in [2.24, 2.45) is 7.05 Å². The summed E-state index contributed by atoms with van der Waals surface area (Å²) < 4.78 is 1.50. The molecule has 0 spiro atoms. The molecular formula is C15H21N5O2. The van der Waals surface area contributed by atoms with Gasteiger partial charge in [0.25, 0.3) is 0 Å². The molecule has 0 saturated carbocycles. The van der Waals surface area contributed by atoms with Crippen LogP contribution in [0.3, 0.4) is 0 Å². The monoisotopic (exact) mass is 303 g/mol. The van der Waals surface area contributed by atoms with E-state index in [1.54, 1.807) is 14.0 Å². The van der Waals surface area contributed by atoms with E-state index in [9.17, 15) is 10.1 Å². The van der Waals surface area contributed by atoms with Gasteiger partial charge in [0.1, 0.15) is 5.69 Å². The maximum absolute atomic E-state index is 11.1. The van der Waals surface area contributed by atoms with Gasteiger partial charge in [-0.25, -0.2) is 4.68 Å².